The van der Waals surface area contributed by atoms with Crippen LogP contribution in [0.25, 0.3) is 0 Å². The van der Waals surface area contributed by atoms with Crippen LogP contribution in [0.1, 0.15) is 11.3 Å². The Kier molecular flexibility index (Phi) is 9.17. The lowest BCUT2D eigenvalue weighted by Gasteiger charge is -2.13. The lowest BCUT2D eigenvalue weighted by atomic mass is 10.2. The van der Waals surface area contributed by atoms with Crippen LogP contribution in [0.4, 0.5) is 18.9 Å². The van der Waals surface area contributed by atoms with Crippen molar-refractivity contribution < 1.29 is 13.2 Å². The summed E-state index contributed by atoms with van der Waals surface area (Å²) in [6, 6.07) is 9.59. The van der Waals surface area contributed by atoms with Gasteiger partial charge >= 0.3 is 6.18 Å². The molecule has 1 aromatic heterocycles. The number of hydrogen-bond acceptors (Lipinski definition) is 3. The van der Waals surface area contributed by atoms with Crippen LogP contribution in [-0.2, 0) is 19.6 Å². The topological polar surface area (TPSA) is 33.1 Å². The third kappa shape index (κ3) is 6.98. The minimum atomic E-state index is -4.26. The van der Waals surface area contributed by atoms with Crippen LogP contribution in [-0.4, -0.2) is 30.1 Å². The molecular formula is C15H21Cl2F3N4. The Balaban J connectivity index is 0.00000264. The summed E-state index contributed by atoms with van der Waals surface area (Å²) in [7, 11) is 3.93. The molecule has 0 spiro atoms. The molecule has 1 heterocycles. The van der Waals surface area contributed by atoms with Crippen LogP contribution in [0, 0.1) is 0 Å². The molecule has 0 unspecified atom stereocenters. The lowest BCUT2D eigenvalue weighted by Crippen LogP contribution is -2.23. The second-order valence-corrected chi connectivity index (χ2v) is 5.26. The van der Waals surface area contributed by atoms with Crippen molar-refractivity contribution in [3.05, 3.63) is 47.8 Å². The number of aromatic nitrogens is 2. The maximum atomic E-state index is 12.4. The Morgan fingerprint density at radius 2 is 1.67 bits per heavy atom. The summed E-state index contributed by atoms with van der Waals surface area (Å²) in [5.74, 6) is 0. The molecule has 0 fully saturated rings. The fraction of sp³-hybridized carbons (Fsp3) is 0.400. The first-order valence-electron chi connectivity index (χ1n) is 6.89. The molecule has 0 saturated carbocycles. The summed E-state index contributed by atoms with van der Waals surface area (Å²) >= 11 is 0. The first kappa shape index (κ1) is 22.6. The normalized spacial score (nSPS) is 10.7. The summed E-state index contributed by atoms with van der Waals surface area (Å²) in [6.07, 6.45) is -2.88. The van der Waals surface area contributed by atoms with Crippen LogP contribution in [0.2, 0.25) is 0 Å². The fourth-order valence-corrected chi connectivity index (χ4v) is 2.07. The van der Waals surface area contributed by atoms with Crippen molar-refractivity contribution in [3.8, 4) is 0 Å². The molecule has 2 aromatic rings. The first-order valence-corrected chi connectivity index (χ1v) is 6.89. The maximum absolute atomic E-state index is 12.4. The van der Waals surface area contributed by atoms with Crippen LogP contribution in [0.5, 0.6) is 0 Å². The van der Waals surface area contributed by atoms with Crippen LogP contribution in [0.3, 0.4) is 0 Å². The van der Waals surface area contributed by atoms with Gasteiger partial charge in [-0.1, -0.05) is 12.1 Å². The van der Waals surface area contributed by atoms with Crippen LogP contribution < -0.4 is 10.2 Å². The molecular weight excluding hydrogens is 364 g/mol. The third-order valence-corrected chi connectivity index (χ3v) is 3.22. The number of benzene rings is 1. The van der Waals surface area contributed by atoms with Crippen molar-refractivity contribution in [1.29, 1.82) is 0 Å². The molecule has 0 aliphatic rings. The summed E-state index contributed by atoms with van der Waals surface area (Å²) < 4.78 is 38.2. The Morgan fingerprint density at radius 3 is 2.21 bits per heavy atom. The highest BCUT2D eigenvalue weighted by Gasteiger charge is 2.29. The highest BCUT2D eigenvalue weighted by molar-refractivity contribution is 5.85. The van der Waals surface area contributed by atoms with Gasteiger partial charge in [-0.05, 0) is 23.8 Å². The second kappa shape index (κ2) is 9.76. The monoisotopic (exact) mass is 384 g/mol. The van der Waals surface area contributed by atoms with E-state index >= 15 is 0 Å². The number of nitrogens with one attached hydrogen (secondary N) is 1. The number of hydrogen-bond donors (Lipinski definition) is 1. The van der Waals surface area contributed by atoms with Gasteiger partial charge in [0.1, 0.15) is 6.54 Å². The largest absolute Gasteiger partial charge is 0.408 e. The van der Waals surface area contributed by atoms with Gasteiger partial charge in [0, 0.05) is 39.1 Å². The molecule has 0 amide bonds. The van der Waals surface area contributed by atoms with Gasteiger partial charge in [-0.15, -0.1) is 24.8 Å². The maximum Gasteiger partial charge on any atom is 0.408 e. The molecule has 0 radical (unpaired) electrons. The van der Waals surface area contributed by atoms with Gasteiger partial charge in [-0.25, -0.2) is 0 Å². The zero-order valence-electron chi connectivity index (χ0n) is 13.4. The van der Waals surface area contributed by atoms with Crippen LogP contribution >= 0.6 is 24.8 Å². The highest BCUT2D eigenvalue weighted by atomic mass is 35.5. The molecule has 24 heavy (non-hydrogen) atoms. The zero-order valence-corrected chi connectivity index (χ0v) is 15.0. The summed E-state index contributed by atoms with van der Waals surface area (Å²) in [4.78, 5) is 2.01. The van der Waals surface area contributed by atoms with Gasteiger partial charge in [-0.3, -0.25) is 4.68 Å². The smallest absolute Gasteiger partial charge is 0.378 e. The van der Waals surface area contributed by atoms with Crippen molar-refractivity contribution in [2.75, 3.05) is 19.0 Å². The van der Waals surface area contributed by atoms with E-state index in [1.165, 1.54) is 6.20 Å². The quantitative estimate of drug-likeness (QED) is 0.824. The van der Waals surface area contributed by atoms with E-state index in [4.69, 9.17) is 0 Å². The molecule has 2 rings (SSSR count). The van der Waals surface area contributed by atoms with E-state index in [0.717, 1.165) is 15.9 Å². The van der Waals surface area contributed by atoms with Gasteiger partial charge in [0.25, 0.3) is 0 Å². The molecule has 1 aromatic carbocycles. The van der Waals surface area contributed by atoms with Crippen molar-refractivity contribution in [2.24, 2.45) is 0 Å². The van der Waals surface area contributed by atoms with Crippen molar-refractivity contribution in [1.82, 2.24) is 15.1 Å². The van der Waals surface area contributed by atoms with E-state index in [1.807, 2.05) is 43.3 Å². The number of anilines is 1. The average Bonchev–Trinajstić information content (AvgIpc) is 2.84. The van der Waals surface area contributed by atoms with Gasteiger partial charge in [-0.2, -0.15) is 18.3 Å². The average molecular weight is 385 g/mol. The van der Waals surface area contributed by atoms with E-state index in [1.54, 1.807) is 6.07 Å². The zero-order chi connectivity index (χ0) is 16.2. The van der Waals surface area contributed by atoms with Gasteiger partial charge in [0.2, 0.25) is 0 Å². The van der Waals surface area contributed by atoms with E-state index in [2.05, 4.69) is 10.4 Å². The van der Waals surface area contributed by atoms with Gasteiger partial charge in [0.15, 0.2) is 0 Å². The molecule has 1 N–H and O–H groups in total. The highest BCUT2D eigenvalue weighted by Crippen LogP contribution is 2.18. The number of halogens is 5. The Bertz CT molecular complexity index is 598. The Labute approximate surface area is 151 Å². The van der Waals surface area contributed by atoms with E-state index in [-0.39, 0.29) is 24.8 Å². The summed E-state index contributed by atoms with van der Waals surface area (Å²) in [6.45, 7) is -0.134. The molecule has 0 aliphatic heterocycles. The van der Waals surface area contributed by atoms with Gasteiger partial charge < -0.3 is 10.2 Å². The minimum absolute atomic E-state index is 0. The minimum Gasteiger partial charge on any atom is -0.378 e. The van der Waals surface area contributed by atoms with E-state index < -0.39 is 12.7 Å². The van der Waals surface area contributed by atoms with Gasteiger partial charge in [0.05, 0.1) is 5.69 Å². The van der Waals surface area contributed by atoms with Crippen molar-refractivity contribution in [3.63, 3.8) is 0 Å². The number of nitrogens with zero attached hydrogens (tertiary/aromatic N) is 3. The lowest BCUT2D eigenvalue weighted by molar-refractivity contribution is -0.143. The summed E-state index contributed by atoms with van der Waals surface area (Å²) in [5.41, 5.74) is 2.70. The van der Waals surface area contributed by atoms with Crippen molar-refractivity contribution in [2.45, 2.75) is 25.8 Å². The van der Waals surface area contributed by atoms with E-state index in [0.29, 0.717) is 18.8 Å². The second-order valence-electron chi connectivity index (χ2n) is 5.26. The Hall–Kier alpha value is -1.44. The SMILES string of the molecule is CN(C)c1ccc(CNCc2ccnn2CC(F)(F)F)cc1.Cl.Cl. The van der Waals surface area contributed by atoms with Crippen molar-refractivity contribution >= 4 is 30.5 Å². The molecule has 136 valence electrons. The predicted molar refractivity (Wildman–Crippen MR) is 94.1 cm³/mol. The number of rotatable bonds is 6. The molecule has 0 saturated heterocycles. The molecule has 0 atom stereocenters. The molecule has 0 aliphatic carbocycles. The Morgan fingerprint density at radius 1 is 1.04 bits per heavy atom. The fourth-order valence-electron chi connectivity index (χ4n) is 2.07. The predicted octanol–water partition coefficient (Wildman–Crippen LogP) is 3.64. The third-order valence-electron chi connectivity index (χ3n) is 3.22. The summed E-state index contributed by atoms with van der Waals surface area (Å²) in [5, 5.41) is 6.85. The molecule has 4 nitrogen and oxygen atoms in total. The molecule has 9 heteroatoms. The standard InChI is InChI=1S/C15H19F3N4.2ClH/c1-21(2)13-5-3-12(4-6-13)9-19-10-14-7-8-20-22(14)11-15(16,17)18;;/h3-8,19H,9-11H2,1-2H3;2*1H. The molecule has 0 bridgehead atoms. The first-order chi connectivity index (χ1) is 10.3. The van der Waals surface area contributed by atoms with Crippen LogP contribution in [0.15, 0.2) is 36.5 Å². The number of alkyl halides is 3. The van der Waals surface area contributed by atoms with E-state index in [9.17, 15) is 13.2 Å².